The number of hydrogen-bond acceptors (Lipinski definition) is 5. The summed E-state index contributed by atoms with van der Waals surface area (Å²) in [6, 6.07) is 5.49. The number of nitrogens with zero attached hydrogens (tertiary/aromatic N) is 4. The standard InChI is InChI=1S/C16H21ClN4O2/c1-22-11-15-18-16(10-20-7-3-4-8-20)21(19-15)13-9-12(17)5-6-14(13)23-2/h5-6,9H,3-4,7-8,10-11H2,1-2H3. The highest BCUT2D eigenvalue weighted by atomic mass is 35.5. The zero-order chi connectivity index (χ0) is 16.2. The highest BCUT2D eigenvalue weighted by Crippen LogP contribution is 2.27. The fourth-order valence-corrected chi connectivity index (χ4v) is 3.01. The molecule has 1 aromatic heterocycles. The quantitative estimate of drug-likeness (QED) is 0.811. The molecule has 0 amide bonds. The van der Waals surface area contributed by atoms with Gasteiger partial charge >= 0.3 is 0 Å². The van der Waals surface area contributed by atoms with E-state index in [1.165, 1.54) is 12.8 Å². The van der Waals surface area contributed by atoms with Gasteiger partial charge in [0.25, 0.3) is 0 Å². The Balaban J connectivity index is 2.00. The van der Waals surface area contributed by atoms with Gasteiger partial charge in [-0.2, -0.15) is 0 Å². The van der Waals surface area contributed by atoms with Crippen molar-refractivity contribution in [3.63, 3.8) is 0 Å². The SMILES string of the molecule is COCc1nc(CN2CCCC2)n(-c2cc(Cl)ccc2OC)n1. The van der Waals surface area contributed by atoms with E-state index in [-0.39, 0.29) is 0 Å². The lowest BCUT2D eigenvalue weighted by Crippen LogP contribution is -2.21. The van der Waals surface area contributed by atoms with E-state index in [1.54, 1.807) is 20.3 Å². The minimum absolute atomic E-state index is 0.378. The molecule has 0 aliphatic carbocycles. The van der Waals surface area contributed by atoms with Gasteiger partial charge in [-0.05, 0) is 44.1 Å². The van der Waals surface area contributed by atoms with E-state index in [0.717, 1.165) is 31.1 Å². The molecule has 1 aliphatic rings. The van der Waals surface area contributed by atoms with Gasteiger partial charge in [0, 0.05) is 12.1 Å². The lowest BCUT2D eigenvalue weighted by atomic mass is 10.3. The lowest BCUT2D eigenvalue weighted by molar-refractivity contribution is 0.177. The van der Waals surface area contributed by atoms with Crippen LogP contribution in [0.4, 0.5) is 0 Å². The maximum Gasteiger partial charge on any atom is 0.177 e. The Morgan fingerprint density at radius 2 is 2.00 bits per heavy atom. The normalized spacial score (nSPS) is 15.3. The van der Waals surface area contributed by atoms with Gasteiger partial charge < -0.3 is 9.47 Å². The zero-order valence-electron chi connectivity index (χ0n) is 13.5. The lowest BCUT2D eigenvalue weighted by Gasteiger charge is -2.15. The third kappa shape index (κ3) is 3.65. The molecule has 0 bridgehead atoms. The van der Waals surface area contributed by atoms with Crippen LogP contribution in [0.5, 0.6) is 5.75 Å². The van der Waals surface area contributed by atoms with Crippen LogP contribution in [0.25, 0.3) is 5.69 Å². The molecular formula is C16H21ClN4O2. The molecule has 0 unspecified atom stereocenters. The molecule has 0 radical (unpaired) electrons. The van der Waals surface area contributed by atoms with Gasteiger partial charge in [0.1, 0.15) is 23.9 Å². The second-order valence-corrected chi connectivity index (χ2v) is 6.02. The molecule has 2 heterocycles. The van der Waals surface area contributed by atoms with E-state index < -0.39 is 0 Å². The summed E-state index contributed by atoms with van der Waals surface area (Å²) in [5, 5.41) is 5.21. The Hall–Kier alpha value is -1.63. The Labute approximate surface area is 141 Å². The number of rotatable bonds is 6. The van der Waals surface area contributed by atoms with Crippen molar-refractivity contribution < 1.29 is 9.47 Å². The molecule has 0 N–H and O–H groups in total. The number of benzene rings is 1. The predicted molar refractivity (Wildman–Crippen MR) is 88.1 cm³/mol. The fourth-order valence-electron chi connectivity index (χ4n) is 2.85. The van der Waals surface area contributed by atoms with Crippen molar-refractivity contribution in [2.75, 3.05) is 27.3 Å². The van der Waals surface area contributed by atoms with Gasteiger partial charge in [-0.25, -0.2) is 9.67 Å². The van der Waals surface area contributed by atoms with Crippen molar-refractivity contribution in [2.45, 2.75) is 26.0 Å². The van der Waals surface area contributed by atoms with Crippen LogP contribution in [0.15, 0.2) is 18.2 Å². The minimum atomic E-state index is 0.378. The first-order chi connectivity index (χ1) is 11.2. The van der Waals surface area contributed by atoms with Gasteiger partial charge in [-0.1, -0.05) is 11.6 Å². The number of aromatic nitrogens is 3. The van der Waals surface area contributed by atoms with Gasteiger partial charge in [0.05, 0.1) is 13.7 Å². The average molecular weight is 337 g/mol. The van der Waals surface area contributed by atoms with Crippen molar-refractivity contribution in [3.8, 4) is 11.4 Å². The maximum atomic E-state index is 6.16. The Morgan fingerprint density at radius 3 is 2.70 bits per heavy atom. The van der Waals surface area contributed by atoms with Crippen molar-refractivity contribution in [1.29, 1.82) is 0 Å². The molecule has 1 saturated heterocycles. The molecule has 0 atom stereocenters. The molecule has 2 aromatic rings. The number of halogens is 1. The van der Waals surface area contributed by atoms with Gasteiger partial charge in [-0.15, -0.1) is 5.10 Å². The van der Waals surface area contributed by atoms with E-state index in [4.69, 9.17) is 21.1 Å². The molecule has 7 heteroatoms. The molecule has 1 fully saturated rings. The van der Waals surface area contributed by atoms with E-state index in [1.807, 2.05) is 16.8 Å². The Kier molecular flexibility index (Phi) is 5.15. The monoisotopic (exact) mass is 336 g/mol. The van der Waals surface area contributed by atoms with Crippen LogP contribution in [0.2, 0.25) is 5.02 Å². The third-order valence-electron chi connectivity index (χ3n) is 3.92. The van der Waals surface area contributed by atoms with Gasteiger partial charge in [0.2, 0.25) is 0 Å². The van der Waals surface area contributed by atoms with Crippen LogP contribution < -0.4 is 4.74 Å². The molecule has 1 aromatic carbocycles. The minimum Gasteiger partial charge on any atom is -0.494 e. The molecule has 23 heavy (non-hydrogen) atoms. The molecule has 1 aliphatic heterocycles. The molecule has 0 spiro atoms. The number of hydrogen-bond donors (Lipinski definition) is 0. The maximum absolute atomic E-state index is 6.16. The van der Waals surface area contributed by atoms with Crippen molar-refractivity contribution >= 4 is 11.6 Å². The van der Waals surface area contributed by atoms with Crippen LogP contribution in [-0.4, -0.2) is 47.0 Å². The van der Waals surface area contributed by atoms with Crippen LogP contribution in [0.3, 0.4) is 0 Å². The number of likely N-dealkylation sites (tertiary alicyclic amines) is 1. The number of ether oxygens (including phenoxy) is 2. The molecule has 6 nitrogen and oxygen atoms in total. The highest BCUT2D eigenvalue weighted by Gasteiger charge is 2.20. The summed E-state index contributed by atoms with van der Waals surface area (Å²) in [5.41, 5.74) is 0.795. The summed E-state index contributed by atoms with van der Waals surface area (Å²) in [4.78, 5) is 7.01. The summed E-state index contributed by atoms with van der Waals surface area (Å²) in [6.45, 7) is 3.33. The molecular weight excluding hydrogens is 316 g/mol. The van der Waals surface area contributed by atoms with Crippen molar-refractivity contribution in [3.05, 3.63) is 34.9 Å². The first-order valence-electron chi connectivity index (χ1n) is 7.71. The second kappa shape index (κ2) is 7.29. The highest BCUT2D eigenvalue weighted by molar-refractivity contribution is 6.30. The first-order valence-corrected chi connectivity index (χ1v) is 8.09. The zero-order valence-corrected chi connectivity index (χ0v) is 14.2. The van der Waals surface area contributed by atoms with Crippen LogP contribution in [0.1, 0.15) is 24.5 Å². The van der Waals surface area contributed by atoms with Gasteiger partial charge in [0.15, 0.2) is 5.82 Å². The fraction of sp³-hybridized carbons (Fsp3) is 0.500. The van der Waals surface area contributed by atoms with Crippen LogP contribution in [-0.2, 0) is 17.9 Å². The average Bonchev–Trinajstić information content (AvgIpc) is 3.18. The molecule has 0 saturated carbocycles. The van der Waals surface area contributed by atoms with Crippen LogP contribution >= 0.6 is 11.6 Å². The summed E-state index contributed by atoms with van der Waals surface area (Å²) in [5.74, 6) is 2.24. The summed E-state index contributed by atoms with van der Waals surface area (Å²) < 4.78 is 12.4. The Morgan fingerprint density at radius 1 is 1.22 bits per heavy atom. The van der Waals surface area contributed by atoms with Crippen molar-refractivity contribution in [1.82, 2.24) is 19.7 Å². The molecule has 3 rings (SSSR count). The smallest absolute Gasteiger partial charge is 0.177 e. The summed E-state index contributed by atoms with van der Waals surface area (Å²) in [6.07, 6.45) is 2.47. The van der Waals surface area contributed by atoms with Gasteiger partial charge in [-0.3, -0.25) is 4.90 Å². The second-order valence-electron chi connectivity index (χ2n) is 5.59. The summed E-state index contributed by atoms with van der Waals surface area (Å²) in [7, 11) is 3.28. The van der Waals surface area contributed by atoms with Crippen LogP contribution in [0, 0.1) is 0 Å². The first kappa shape index (κ1) is 16.2. The number of methoxy groups -OCH3 is 2. The predicted octanol–water partition coefficient (Wildman–Crippen LogP) is 2.67. The van der Waals surface area contributed by atoms with E-state index >= 15 is 0 Å². The van der Waals surface area contributed by atoms with Crippen molar-refractivity contribution in [2.24, 2.45) is 0 Å². The third-order valence-corrected chi connectivity index (χ3v) is 4.16. The topological polar surface area (TPSA) is 52.4 Å². The van der Waals surface area contributed by atoms with E-state index in [2.05, 4.69) is 15.0 Å². The molecule has 124 valence electrons. The Bertz CT molecular complexity index is 668. The summed E-state index contributed by atoms with van der Waals surface area (Å²) >= 11 is 6.16. The van der Waals surface area contributed by atoms with E-state index in [0.29, 0.717) is 23.2 Å². The van der Waals surface area contributed by atoms with E-state index in [9.17, 15) is 0 Å². The largest absolute Gasteiger partial charge is 0.494 e.